The van der Waals surface area contributed by atoms with Crippen LogP contribution in [0.25, 0.3) is 0 Å². The molecule has 0 unspecified atom stereocenters. The predicted molar refractivity (Wildman–Crippen MR) is 86.4 cm³/mol. The summed E-state index contributed by atoms with van der Waals surface area (Å²) in [4.78, 5) is 22.7. The number of carbonyl (C=O) groups is 1. The van der Waals surface area contributed by atoms with Gasteiger partial charge in [0.05, 0.1) is 12.4 Å². The van der Waals surface area contributed by atoms with Gasteiger partial charge in [-0.15, -0.1) is 0 Å². The Morgan fingerprint density at radius 1 is 1.27 bits per heavy atom. The number of para-hydroxylation sites is 1. The zero-order valence-electron chi connectivity index (χ0n) is 12.7. The van der Waals surface area contributed by atoms with Gasteiger partial charge in [-0.3, -0.25) is 4.79 Å². The summed E-state index contributed by atoms with van der Waals surface area (Å²) in [5.41, 5.74) is 2.88. The van der Waals surface area contributed by atoms with Gasteiger partial charge < -0.3 is 10.2 Å². The molecule has 0 atom stereocenters. The van der Waals surface area contributed by atoms with E-state index in [1.807, 2.05) is 13.0 Å². The molecule has 2 heterocycles. The second-order valence-electron chi connectivity index (χ2n) is 5.40. The maximum atomic E-state index is 11.9. The van der Waals surface area contributed by atoms with E-state index < -0.39 is 0 Å². The Kier molecular flexibility index (Phi) is 4.32. The van der Waals surface area contributed by atoms with E-state index in [1.165, 1.54) is 11.3 Å². The van der Waals surface area contributed by atoms with Gasteiger partial charge in [-0.25, -0.2) is 9.97 Å². The summed E-state index contributed by atoms with van der Waals surface area (Å²) in [6, 6.07) is 8.37. The van der Waals surface area contributed by atoms with Gasteiger partial charge in [0.2, 0.25) is 0 Å². The Labute approximate surface area is 130 Å². The number of benzene rings is 1. The van der Waals surface area contributed by atoms with Crippen molar-refractivity contribution >= 4 is 17.4 Å². The van der Waals surface area contributed by atoms with E-state index in [2.05, 4.69) is 38.4 Å². The molecule has 22 heavy (non-hydrogen) atoms. The molecule has 0 bridgehead atoms. The average molecular weight is 296 g/mol. The Morgan fingerprint density at radius 3 is 2.91 bits per heavy atom. The van der Waals surface area contributed by atoms with Gasteiger partial charge in [0.25, 0.3) is 5.91 Å². The molecule has 0 fully saturated rings. The normalized spacial score (nSPS) is 13.6. The van der Waals surface area contributed by atoms with Crippen molar-refractivity contribution in [1.82, 2.24) is 15.3 Å². The molecule has 1 aliphatic rings. The Hall–Kier alpha value is -2.43. The molecular formula is C17H20N4O. The fraction of sp³-hybridized carbons (Fsp3) is 0.353. The molecular weight excluding hydrogens is 276 g/mol. The van der Waals surface area contributed by atoms with Crippen LogP contribution in [0.3, 0.4) is 0 Å². The molecule has 2 aromatic rings. The van der Waals surface area contributed by atoms with Gasteiger partial charge in [0.15, 0.2) is 5.82 Å². The highest BCUT2D eigenvalue weighted by Crippen LogP contribution is 2.31. The molecule has 5 nitrogen and oxygen atoms in total. The van der Waals surface area contributed by atoms with Crippen LogP contribution < -0.4 is 10.2 Å². The number of nitrogens with one attached hydrogen (secondary N) is 1. The lowest BCUT2D eigenvalue weighted by atomic mass is 10.0. The number of nitrogens with zero attached hydrogens (tertiary/aromatic N) is 3. The summed E-state index contributed by atoms with van der Waals surface area (Å²) < 4.78 is 0. The largest absolute Gasteiger partial charge is 0.351 e. The molecule has 1 aromatic heterocycles. The number of hydrogen-bond donors (Lipinski definition) is 1. The minimum Gasteiger partial charge on any atom is -0.351 e. The maximum absolute atomic E-state index is 11.9. The van der Waals surface area contributed by atoms with Crippen LogP contribution in [0.4, 0.5) is 11.5 Å². The summed E-state index contributed by atoms with van der Waals surface area (Å²) in [6.07, 6.45) is 6.33. The highest BCUT2D eigenvalue weighted by atomic mass is 16.1. The van der Waals surface area contributed by atoms with E-state index in [-0.39, 0.29) is 5.91 Å². The van der Waals surface area contributed by atoms with Gasteiger partial charge in [-0.2, -0.15) is 0 Å². The van der Waals surface area contributed by atoms with Crippen LogP contribution >= 0.6 is 0 Å². The van der Waals surface area contributed by atoms with Crippen molar-refractivity contribution in [3.05, 3.63) is 47.9 Å². The van der Waals surface area contributed by atoms with Crippen LogP contribution in [-0.4, -0.2) is 29.0 Å². The number of carbonyl (C=O) groups excluding carboxylic acids is 1. The zero-order valence-corrected chi connectivity index (χ0v) is 12.7. The minimum atomic E-state index is -0.167. The highest BCUT2D eigenvalue weighted by Gasteiger charge is 2.19. The first kappa shape index (κ1) is 14.5. The lowest BCUT2D eigenvalue weighted by Gasteiger charge is -2.30. The van der Waals surface area contributed by atoms with Crippen LogP contribution in [0.2, 0.25) is 0 Å². The van der Waals surface area contributed by atoms with Crippen molar-refractivity contribution in [1.29, 1.82) is 0 Å². The quantitative estimate of drug-likeness (QED) is 0.942. The van der Waals surface area contributed by atoms with Crippen molar-refractivity contribution in [3.8, 4) is 0 Å². The van der Waals surface area contributed by atoms with Crippen LogP contribution in [0, 0.1) is 0 Å². The molecule has 5 heteroatoms. The molecule has 3 rings (SSSR count). The first-order valence-electron chi connectivity index (χ1n) is 7.75. The molecule has 114 valence electrons. The van der Waals surface area contributed by atoms with Crippen molar-refractivity contribution < 1.29 is 4.79 Å². The number of rotatable bonds is 4. The van der Waals surface area contributed by atoms with Gasteiger partial charge in [0, 0.05) is 18.8 Å². The van der Waals surface area contributed by atoms with E-state index >= 15 is 0 Å². The Morgan fingerprint density at radius 2 is 2.14 bits per heavy atom. The first-order valence-corrected chi connectivity index (χ1v) is 7.75. The van der Waals surface area contributed by atoms with E-state index in [0.717, 1.165) is 31.6 Å². The third-order valence-electron chi connectivity index (χ3n) is 3.79. The van der Waals surface area contributed by atoms with Crippen LogP contribution in [0.15, 0.2) is 36.7 Å². The summed E-state index contributed by atoms with van der Waals surface area (Å²) in [6.45, 7) is 3.59. The number of fused-ring (bicyclic) bond motifs is 1. The van der Waals surface area contributed by atoms with Crippen molar-refractivity contribution in [3.63, 3.8) is 0 Å². The van der Waals surface area contributed by atoms with Crippen LogP contribution in [-0.2, 0) is 6.42 Å². The van der Waals surface area contributed by atoms with Gasteiger partial charge >= 0.3 is 0 Å². The van der Waals surface area contributed by atoms with Crippen LogP contribution in [0.5, 0.6) is 0 Å². The molecule has 1 amide bonds. The van der Waals surface area contributed by atoms with E-state index in [9.17, 15) is 4.79 Å². The standard InChI is InChI=1S/C17H20N4O/c1-2-9-18-17(22)14-11-20-16(12-19-14)21-10-5-7-13-6-3-4-8-15(13)21/h3-4,6,8,11-12H,2,5,7,9-10H2,1H3,(H,18,22). The molecule has 1 aromatic carbocycles. The third-order valence-corrected chi connectivity index (χ3v) is 3.79. The number of aromatic nitrogens is 2. The number of aryl methyl sites for hydroxylation is 1. The lowest BCUT2D eigenvalue weighted by molar-refractivity contribution is 0.0948. The van der Waals surface area contributed by atoms with Crippen LogP contribution in [0.1, 0.15) is 35.8 Å². The van der Waals surface area contributed by atoms with Crippen molar-refractivity contribution in [2.24, 2.45) is 0 Å². The second kappa shape index (κ2) is 6.56. The molecule has 0 saturated heterocycles. The van der Waals surface area contributed by atoms with Crippen molar-refractivity contribution in [2.75, 3.05) is 18.0 Å². The SMILES string of the molecule is CCCNC(=O)c1cnc(N2CCCc3ccccc32)cn1. The van der Waals surface area contributed by atoms with Gasteiger partial charge in [-0.05, 0) is 30.9 Å². The number of anilines is 2. The van der Waals surface area contributed by atoms with Crippen molar-refractivity contribution in [2.45, 2.75) is 26.2 Å². The Balaban J connectivity index is 1.81. The molecule has 1 aliphatic heterocycles. The molecule has 0 saturated carbocycles. The fourth-order valence-electron chi connectivity index (χ4n) is 2.68. The summed E-state index contributed by atoms with van der Waals surface area (Å²) in [5, 5.41) is 2.81. The summed E-state index contributed by atoms with van der Waals surface area (Å²) >= 11 is 0. The highest BCUT2D eigenvalue weighted by molar-refractivity contribution is 5.92. The Bertz CT molecular complexity index is 654. The molecule has 0 aliphatic carbocycles. The summed E-state index contributed by atoms with van der Waals surface area (Å²) in [7, 11) is 0. The fourth-order valence-corrected chi connectivity index (χ4v) is 2.68. The predicted octanol–water partition coefficient (Wildman–Crippen LogP) is 2.70. The van der Waals surface area contributed by atoms with E-state index in [1.54, 1.807) is 12.4 Å². The van der Waals surface area contributed by atoms with E-state index in [4.69, 9.17) is 0 Å². The van der Waals surface area contributed by atoms with Gasteiger partial charge in [-0.1, -0.05) is 25.1 Å². The second-order valence-corrected chi connectivity index (χ2v) is 5.40. The molecule has 0 radical (unpaired) electrons. The monoisotopic (exact) mass is 296 g/mol. The molecule has 1 N–H and O–H groups in total. The number of amides is 1. The topological polar surface area (TPSA) is 58.1 Å². The zero-order chi connectivity index (χ0) is 15.4. The maximum Gasteiger partial charge on any atom is 0.271 e. The summed E-state index contributed by atoms with van der Waals surface area (Å²) in [5.74, 6) is 0.624. The lowest BCUT2D eigenvalue weighted by Crippen LogP contribution is -2.27. The number of hydrogen-bond acceptors (Lipinski definition) is 4. The smallest absolute Gasteiger partial charge is 0.271 e. The van der Waals surface area contributed by atoms with E-state index in [0.29, 0.717) is 12.2 Å². The van der Waals surface area contributed by atoms with Gasteiger partial charge in [0.1, 0.15) is 5.69 Å². The first-order chi connectivity index (χ1) is 10.8. The third kappa shape index (κ3) is 2.93. The minimum absolute atomic E-state index is 0.167. The average Bonchev–Trinajstić information content (AvgIpc) is 2.59. The molecule has 0 spiro atoms.